The van der Waals surface area contributed by atoms with E-state index in [9.17, 15) is 4.39 Å². The summed E-state index contributed by atoms with van der Waals surface area (Å²) in [4.78, 5) is 4.28. The first-order chi connectivity index (χ1) is 9.84. The van der Waals surface area contributed by atoms with Gasteiger partial charge in [0.15, 0.2) is 0 Å². The van der Waals surface area contributed by atoms with E-state index in [2.05, 4.69) is 15.5 Å². The lowest BCUT2D eigenvalue weighted by Crippen LogP contribution is -1.94. The summed E-state index contributed by atoms with van der Waals surface area (Å²) in [6.07, 6.45) is 3.39. The predicted molar refractivity (Wildman–Crippen MR) is 79.4 cm³/mol. The number of halogens is 1. The first-order valence-corrected chi connectivity index (χ1v) is 6.22. The second kappa shape index (κ2) is 5.48. The molecule has 0 bridgehead atoms. The van der Waals surface area contributed by atoms with Crippen LogP contribution in [0.2, 0.25) is 0 Å². The molecule has 20 heavy (non-hydrogen) atoms. The molecule has 3 nitrogen and oxygen atoms in total. The van der Waals surface area contributed by atoms with Crippen LogP contribution in [-0.4, -0.2) is 11.2 Å². The highest BCUT2D eigenvalue weighted by molar-refractivity contribution is 5.98. The fourth-order valence-electron chi connectivity index (χ4n) is 1.95. The molecule has 3 rings (SSSR count). The van der Waals surface area contributed by atoms with Crippen molar-refractivity contribution in [3.63, 3.8) is 0 Å². The number of nitrogens with zero attached hydrogens (tertiary/aromatic N) is 2. The Hall–Kier alpha value is -2.75. The minimum atomic E-state index is -0.329. The second-order valence-electron chi connectivity index (χ2n) is 4.27. The monoisotopic (exact) mass is 265 g/mol. The van der Waals surface area contributed by atoms with Crippen molar-refractivity contribution in [2.45, 2.75) is 0 Å². The molecule has 0 spiro atoms. The summed E-state index contributed by atoms with van der Waals surface area (Å²) in [5, 5.41) is 5.09. The SMILES string of the molecule is Fc1ccccc1N/N=C\c1ccnc2ccccc12. The van der Waals surface area contributed by atoms with Crippen LogP contribution in [0.5, 0.6) is 0 Å². The van der Waals surface area contributed by atoms with Crippen molar-refractivity contribution < 1.29 is 4.39 Å². The van der Waals surface area contributed by atoms with Crippen LogP contribution in [0.15, 0.2) is 65.9 Å². The van der Waals surface area contributed by atoms with Gasteiger partial charge in [-0.25, -0.2) is 4.39 Å². The molecule has 2 aromatic carbocycles. The number of hydrazone groups is 1. The van der Waals surface area contributed by atoms with Gasteiger partial charge in [0.2, 0.25) is 0 Å². The zero-order chi connectivity index (χ0) is 13.8. The van der Waals surface area contributed by atoms with Crippen molar-refractivity contribution in [3.05, 3.63) is 72.2 Å². The number of aromatic nitrogens is 1. The molecule has 0 fully saturated rings. The van der Waals surface area contributed by atoms with Crippen LogP contribution in [0.4, 0.5) is 10.1 Å². The third-order valence-corrected chi connectivity index (χ3v) is 2.95. The minimum absolute atomic E-state index is 0.329. The van der Waals surface area contributed by atoms with Gasteiger partial charge in [0.05, 0.1) is 17.4 Å². The highest BCUT2D eigenvalue weighted by atomic mass is 19.1. The molecule has 0 saturated heterocycles. The first-order valence-electron chi connectivity index (χ1n) is 6.22. The molecule has 0 saturated carbocycles. The summed E-state index contributed by atoms with van der Waals surface area (Å²) in [7, 11) is 0. The quantitative estimate of drug-likeness (QED) is 0.577. The van der Waals surface area contributed by atoms with Crippen LogP contribution in [-0.2, 0) is 0 Å². The largest absolute Gasteiger partial charge is 0.276 e. The van der Waals surface area contributed by atoms with Crippen molar-refractivity contribution in [2.75, 3.05) is 5.43 Å². The number of hydrogen-bond donors (Lipinski definition) is 1. The number of pyridine rings is 1. The molecule has 1 N–H and O–H groups in total. The van der Waals surface area contributed by atoms with E-state index >= 15 is 0 Å². The number of benzene rings is 2. The molecule has 0 amide bonds. The fraction of sp³-hybridized carbons (Fsp3) is 0. The van der Waals surface area contributed by atoms with Crippen LogP contribution in [0, 0.1) is 5.82 Å². The normalized spacial score (nSPS) is 11.1. The summed E-state index contributed by atoms with van der Waals surface area (Å²) in [5.41, 5.74) is 4.88. The van der Waals surface area contributed by atoms with E-state index in [0.717, 1.165) is 16.5 Å². The smallest absolute Gasteiger partial charge is 0.148 e. The standard InChI is InChI=1S/C16H12FN3/c17-14-6-2-4-8-16(14)20-19-11-12-9-10-18-15-7-3-1-5-13(12)15/h1-11,20H/b19-11-. The van der Waals surface area contributed by atoms with E-state index in [4.69, 9.17) is 0 Å². The van der Waals surface area contributed by atoms with Gasteiger partial charge in [0.1, 0.15) is 5.82 Å². The van der Waals surface area contributed by atoms with Gasteiger partial charge in [-0.1, -0.05) is 30.3 Å². The third kappa shape index (κ3) is 2.49. The maximum atomic E-state index is 13.4. The summed E-state index contributed by atoms with van der Waals surface area (Å²) in [6, 6.07) is 16.1. The van der Waals surface area contributed by atoms with Gasteiger partial charge in [-0.15, -0.1) is 0 Å². The Kier molecular flexibility index (Phi) is 3.37. The zero-order valence-corrected chi connectivity index (χ0v) is 10.6. The van der Waals surface area contributed by atoms with Gasteiger partial charge < -0.3 is 0 Å². The van der Waals surface area contributed by atoms with Crippen molar-refractivity contribution in [1.29, 1.82) is 0 Å². The van der Waals surface area contributed by atoms with Crippen LogP contribution in [0.25, 0.3) is 10.9 Å². The van der Waals surface area contributed by atoms with E-state index in [1.165, 1.54) is 6.07 Å². The lowest BCUT2D eigenvalue weighted by Gasteiger charge is -2.02. The Bertz CT molecular complexity index is 763. The maximum Gasteiger partial charge on any atom is 0.148 e. The molecule has 0 aliphatic carbocycles. The average molecular weight is 265 g/mol. The van der Waals surface area contributed by atoms with Gasteiger partial charge in [-0.05, 0) is 24.3 Å². The van der Waals surface area contributed by atoms with Crippen LogP contribution >= 0.6 is 0 Å². The van der Waals surface area contributed by atoms with E-state index in [1.807, 2.05) is 30.3 Å². The van der Waals surface area contributed by atoms with Gasteiger partial charge in [-0.2, -0.15) is 5.10 Å². The number of hydrogen-bond acceptors (Lipinski definition) is 3. The van der Waals surface area contributed by atoms with Crippen LogP contribution in [0.3, 0.4) is 0 Å². The predicted octanol–water partition coefficient (Wildman–Crippen LogP) is 3.82. The van der Waals surface area contributed by atoms with Crippen LogP contribution in [0.1, 0.15) is 5.56 Å². The van der Waals surface area contributed by atoms with Crippen molar-refractivity contribution in [2.24, 2.45) is 5.10 Å². The topological polar surface area (TPSA) is 37.3 Å². The molecule has 98 valence electrons. The Morgan fingerprint density at radius 2 is 1.80 bits per heavy atom. The lowest BCUT2D eigenvalue weighted by atomic mass is 10.1. The average Bonchev–Trinajstić information content (AvgIpc) is 2.49. The number of nitrogens with one attached hydrogen (secondary N) is 1. The number of anilines is 1. The van der Waals surface area contributed by atoms with Gasteiger partial charge in [0.25, 0.3) is 0 Å². The number of para-hydroxylation sites is 2. The second-order valence-corrected chi connectivity index (χ2v) is 4.27. The minimum Gasteiger partial charge on any atom is -0.276 e. The van der Waals surface area contributed by atoms with Gasteiger partial charge in [0, 0.05) is 17.1 Å². The molecule has 3 aromatic rings. The molecule has 4 heteroatoms. The van der Waals surface area contributed by atoms with Crippen LogP contribution < -0.4 is 5.43 Å². The summed E-state index contributed by atoms with van der Waals surface area (Å²) in [5.74, 6) is -0.329. The highest BCUT2D eigenvalue weighted by Gasteiger charge is 1.99. The molecule has 0 atom stereocenters. The molecular weight excluding hydrogens is 253 g/mol. The molecule has 0 unspecified atom stereocenters. The number of rotatable bonds is 3. The van der Waals surface area contributed by atoms with E-state index in [0.29, 0.717) is 5.69 Å². The molecule has 0 radical (unpaired) electrons. The Balaban J connectivity index is 1.86. The zero-order valence-electron chi connectivity index (χ0n) is 10.6. The van der Waals surface area contributed by atoms with Crippen molar-refractivity contribution >= 4 is 22.8 Å². The Labute approximate surface area is 115 Å². The molecule has 1 heterocycles. The maximum absolute atomic E-state index is 13.4. The lowest BCUT2D eigenvalue weighted by molar-refractivity contribution is 0.631. The Morgan fingerprint density at radius 1 is 1.00 bits per heavy atom. The first kappa shape index (κ1) is 12.3. The third-order valence-electron chi connectivity index (χ3n) is 2.95. The van der Waals surface area contributed by atoms with Crippen molar-refractivity contribution in [1.82, 2.24) is 4.98 Å². The molecular formula is C16H12FN3. The summed E-state index contributed by atoms with van der Waals surface area (Å²) in [6.45, 7) is 0. The molecule has 0 aliphatic heterocycles. The highest BCUT2D eigenvalue weighted by Crippen LogP contribution is 2.15. The summed E-state index contributed by atoms with van der Waals surface area (Å²) >= 11 is 0. The van der Waals surface area contributed by atoms with E-state index in [1.54, 1.807) is 30.6 Å². The summed E-state index contributed by atoms with van der Waals surface area (Å²) < 4.78 is 13.4. The van der Waals surface area contributed by atoms with Gasteiger partial charge in [-0.3, -0.25) is 10.4 Å². The van der Waals surface area contributed by atoms with Gasteiger partial charge >= 0.3 is 0 Å². The molecule has 1 aromatic heterocycles. The fourth-order valence-corrected chi connectivity index (χ4v) is 1.95. The van der Waals surface area contributed by atoms with E-state index < -0.39 is 0 Å². The molecule has 0 aliphatic rings. The number of fused-ring (bicyclic) bond motifs is 1. The van der Waals surface area contributed by atoms with E-state index in [-0.39, 0.29) is 5.82 Å². The Morgan fingerprint density at radius 3 is 2.70 bits per heavy atom. The van der Waals surface area contributed by atoms with Crippen molar-refractivity contribution in [3.8, 4) is 0 Å².